The Labute approximate surface area is 196 Å². The SMILES string of the molecule is CCCCc1nc(O)c(S(=O)(=O)c2ccc(Br)cc2)c(=O)n1[C@H]1CCCc2ccccc21. The van der Waals surface area contributed by atoms with Crippen molar-refractivity contribution < 1.29 is 13.5 Å². The molecule has 6 nitrogen and oxygen atoms in total. The molecule has 0 fully saturated rings. The molecular weight excluding hydrogens is 492 g/mol. The number of hydrogen-bond acceptors (Lipinski definition) is 5. The third-order valence-electron chi connectivity index (χ3n) is 5.93. The van der Waals surface area contributed by atoms with Gasteiger partial charge in [-0.2, -0.15) is 4.98 Å². The molecule has 0 spiro atoms. The maximum Gasteiger partial charge on any atom is 0.277 e. The molecule has 1 N–H and O–H groups in total. The van der Waals surface area contributed by atoms with Crippen molar-refractivity contribution in [3.05, 3.63) is 80.3 Å². The van der Waals surface area contributed by atoms with Gasteiger partial charge in [0.1, 0.15) is 5.82 Å². The minimum atomic E-state index is -4.26. The summed E-state index contributed by atoms with van der Waals surface area (Å²) in [4.78, 5) is 17.3. The Bertz CT molecular complexity index is 1300. The van der Waals surface area contributed by atoms with Gasteiger partial charge >= 0.3 is 0 Å². The number of benzene rings is 2. The van der Waals surface area contributed by atoms with Crippen LogP contribution in [0.3, 0.4) is 0 Å². The minimum Gasteiger partial charge on any atom is -0.492 e. The van der Waals surface area contributed by atoms with Crippen LogP contribution in [0.5, 0.6) is 5.88 Å². The highest BCUT2D eigenvalue weighted by Gasteiger charge is 2.33. The fraction of sp³-hybridized carbons (Fsp3) is 0.333. The van der Waals surface area contributed by atoms with Crippen LogP contribution in [0.2, 0.25) is 0 Å². The van der Waals surface area contributed by atoms with E-state index >= 15 is 0 Å². The van der Waals surface area contributed by atoms with E-state index in [0.29, 0.717) is 23.1 Å². The number of fused-ring (bicyclic) bond motifs is 1. The van der Waals surface area contributed by atoms with Crippen LogP contribution >= 0.6 is 15.9 Å². The number of rotatable bonds is 6. The summed E-state index contributed by atoms with van der Waals surface area (Å²) in [6.45, 7) is 2.03. The van der Waals surface area contributed by atoms with Gasteiger partial charge in [0.15, 0.2) is 4.90 Å². The Morgan fingerprint density at radius 2 is 1.88 bits per heavy atom. The zero-order chi connectivity index (χ0) is 22.9. The third kappa shape index (κ3) is 4.13. The molecule has 2 aromatic carbocycles. The van der Waals surface area contributed by atoms with E-state index in [2.05, 4.69) is 20.9 Å². The summed E-state index contributed by atoms with van der Waals surface area (Å²) >= 11 is 3.29. The Morgan fingerprint density at radius 1 is 1.16 bits per heavy atom. The number of aromatic hydroxyl groups is 1. The average Bonchev–Trinajstić information content (AvgIpc) is 2.77. The zero-order valence-corrected chi connectivity index (χ0v) is 20.2. The molecule has 1 aromatic heterocycles. The molecular formula is C24H25BrN2O4S. The standard InChI is InChI=1S/C24H25BrN2O4S/c1-2-3-11-21-26-23(28)22(32(30,31)18-14-12-17(25)13-15-18)24(29)27(21)20-10-6-8-16-7-4-5-9-19(16)20/h4-5,7,9,12-15,20,28H,2-3,6,8,10-11H2,1H3/t20-/m0/s1. The lowest BCUT2D eigenvalue weighted by Crippen LogP contribution is -2.35. The predicted molar refractivity (Wildman–Crippen MR) is 126 cm³/mol. The van der Waals surface area contributed by atoms with Gasteiger partial charge < -0.3 is 5.11 Å². The predicted octanol–water partition coefficient (Wildman–Crippen LogP) is 4.81. The topological polar surface area (TPSA) is 89.3 Å². The van der Waals surface area contributed by atoms with Gasteiger partial charge in [-0.3, -0.25) is 9.36 Å². The molecule has 32 heavy (non-hydrogen) atoms. The molecule has 1 atom stereocenters. The molecule has 0 aliphatic heterocycles. The summed E-state index contributed by atoms with van der Waals surface area (Å²) in [6.07, 6.45) is 4.66. The summed E-state index contributed by atoms with van der Waals surface area (Å²) in [7, 11) is -4.26. The van der Waals surface area contributed by atoms with Gasteiger partial charge in [-0.15, -0.1) is 0 Å². The van der Waals surface area contributed by atoms with Crippen molar-refractivity contribution in [2.24, 2.45) is 0 Å². The Kier molecular flexibility index (Phi) is 6.53. The number of aromatic nitrogens is 2. The monoisotopic (exact) mass is 516 g/mol. The van der Waals surface area contributed by atoms with E-state index in [1.165, 1.54) is 16.7 Å². The molecule has 0 amide bonds. The Morgan fingerprint density at radius 3 is 2.59 bits per heavy atom. The molecule has 1 aliphatic rings. The number of unbranched alkanes of at least 4 members (excludes halogenated alkanes) is 1. The average molecular weight is 517 g/mol. The van der Waals surface area contributed by atoms with Gasteiger partial charge in [-0.25, -0.2) is 8.42 Å². The van der Waals surface area contributed by atoms with E-state index in [-0.39, 0.29) is 10.9 Å². The van der Waals surface area contributed by atoms with E-state index < -0.39 is 26.2 Å². The largest absolute Gasteiger partial charge is 0.492 e. The van der Waals surface area contributed by atoms with Crippen molar-refractivity contribution in [3.8, 4) is 5.88 Å². The number of hydrogen-bond donors (Lipinski definition) is 1. The first-order chi connectivity index (χ1) is 15.3. The third-order valence-corrected chi connectivity index (χ3v) is 8.24. The number of aryl methyl sites for hydroxylation is 2. The normalized spacial score (nSPS) is 16.0. The van der Waals surface area contributed by atoms with Crippen molar-refractivity contribution >= 4 is 25.8 Å². The Hall–Kier alpha value is -2.45. The lowest BCUT2D eigenvalue weighted by molar-refractivity contribution is 0.396. The second kappa shape index (κ2) is 9.19. The van der Waals surface area contributed by atoms with Crippen LogP contribution < -0.4 is 5.56 Å². The highest BCUT2D eigenvalue weighted by molar-refractivity contribution is 9.10. The number of sulfone groups is 1. The van der Waals surface area contributed by atoms with Crippen molar-refractivity contribution in [2.45, 2.75) is 61.3 Å². The molecule has 0 bridgehead atoms. The van der Waals surface area contributed by atoms with Crippen LogP contribution in [-0.2, 0) is 22.7 Å². The van der Waals surface area contributed by atoms with E-state index in [0.717, 1.165) is 36.8 Å². The highest BCUT2D eigenvalue weighted by Crippen LogP contribution is 2.34. The smallest absolute Gasteiger partial charge is 0.277 e. The quantitative estimate of drug-likeness (QED) is 0.507. The van der Waals surface area contributed by atoms with E-state index in [9.17, 15) is 18.3 Å². The second-order valence-electron chi connectivity index (χ2n) is 8.02. The van der Waals surface area contributed by atoms with Crippen LogP contribution in [0.4, 0.5) is 0 Å². The van der Waals surface area contributed by atoms with Crippen LogP contribution in [0.1, 0.15) is 55.6 Å². The molecule has 8 heteroatoms. The van der Waals surface area contributed by atoms with E-state index in [1.807, 2.05) is 31.2 Å². The molecule has 168 valence electrons. The van der Waals surface area contributed by atoms with Crippen LogP contribution in [-0.4, -0.2) is 23.1 Å². The van der Waals surface area contributed by atoms with E-state index in [4.69, 9.17) is 0 Å². The molecule has 0 saturated heterocycles. The van der Waals surface area contributed by atoms with Gasteiger partial charge in [-0.1, -0.05) is 53.5 Å². The van der Waals surface area contributed by atoms with Crippen molar-refractivity contribution in [1.29, 1.82) is 0 Å². The fourth-order valence-corrected chi connectivity index (χ4v) is 5.95. The maximum absolute atomic E-state index is 13.7. The first-order valence-corrected chi connectivity index (χ1v) is 13.0. The summed E-state index contributed by atoms with van der Waals surface area (Å²) in [5, 5.41) is 10.6. The van der Waals surface area contributed by atoms with Gasteiger partial charge in [0, 0.05) is 10.9 Å². The van der Waals surface area contributed by atoms with Crippen LogP contribution in [0.15, 0.2) is 67.6 Å². The molecule has 0 unspecified atom stereocenters. The van der Waals surface area contributed by atoms with Crippen molar-refractivity contribution in [2.75, 3.05) is 0 Å². The van der Waals surface area contributed by atoms with Crippen molar-refractivity contribution in [3.63, 3.8) is 0 Å². The molecule has 1 aliphatic carbocycles. The second-order valence-corrected chi connectivity index (χ2v) is 10.8. The summed E-state index contributed by atoms with van der Waals surface area (Å²) in [6, 6.07) is 13.6. The summed E-state index contributed by atoms with van der Waals surface area (Å²) in [5.41, 5.74) is 1.45. The maximum atomic E-state index is 13.7. The van der Waals surface area contributed by atoms with Crippen LogP contribution in [0, 0.1) is 0 Å². The van der Waals surface area contributed by atoms with Gasteiger partial charge in [-0.05, 0) is 61.1 Å². The number of nitrogens with zero attached hydrogens (tertiary/aromatic N) is 2. The lowest BCUT2D eigenvalue weighted by Gasteiger charge is -2.29. The zero-order valence-electron chi connectivity index (χ0n) is 17.8. The van der Waals surface area contributed by atoms with Gasteiger partial charge in [0.05, 0.1) is 10.9 Å². The van der Waals surface area contributed by atoms with Crippen molar-refractivity contribution in [1.82, 2.24) is 9.55 Å². The molecule has 0 saturated carbocycles. The fourth-order valence-electron chi connectivity index (χ4n) is 4.35. The summed E-state index contributed by atoms with van der Waals surface area (Å²) in [5.74, 6) is -0.310. The van der Waals surface area contributed by atoms with Crippen LogP contribution in [0.25, 0.3) is 0 Å². The van der Waals surface area contributed by atoms with Gasteiger partial charge in [0.2, 0.25) is 15.7 Å². The minimum absolute atomic E-state index is 0.0631. The van der Waals surface area contributed by atoms with Gasteiger partial charge in [0.25, 0.3) is 5.56 Å². The van der Waals surface area contributed by atoms with E-state index in [1.54, 1.807) is 12.1 Å². The summed E-state index contributed by atoms with van der Waals surface area (Å²) < 4.78 is 29.0. The molecule has 4 rings (SSSR count). The first-order valence-electron chi connectivity index (χ1n) is 10.8. The highest BCUT2D eigenvalue weighted by atomic mass is 79.9. The number of halogens is 1. The Balaban J connectivity index is 1.96. The molecule has 1 heterocycles. The first kappa shape index (κ1) is 22.7. The molecule has 3 aromatic rings. The lowest BCUT2D eigenvalue weighted by atomic mass is 9.87. The molecule has 0 radical (unpaired) electrons.